The second-order valence-corrected chi connectivity index (χ2v) is 7.07. The minimum absolute atomic E-state index is 0.168. The van der Waals surface area contributed by atoms with Crippen molar-refractivity contribution in [3.63, 3.8) is 0 Å². The molecule has 1 unspecified atom stereocenters. The predicted molar refractivity (Wildman–Crippen MR) is 117 cm³/mol. The Kier molecular flexibility index (Phi) is 8.79. The molecule has 1 N–H and O–H groups in total. The van der Waals surface area contributed by atoms with Crippen molar-refractivity contribution in [1.82, 2.24) is 24.9 Å². The van der Waals surface area contributed by atoms with Gasteiger partial charge in [0.15, 0.2) is 5.96 Å². The first-order valence-corrected chi connectivity index (χ1v) is 9.85. The smallest absolute Gasteiger partial charge is 0.193 e. The third-order valence-corrected chi connectivity index (χ3v) is 4.60. The summed E-state index contributed by atoms with van der Waals surface area (Å²) < 4.78 is 12.8. The molecule has 1 aromatic heterocycles. The molecule has 0 spiro atoms. The van der Waals surface area contributed by atoms with E-state index in [0.717, 1.165) is 36.1 Å². The van der Waals surface area contributed by atoms with Crippen molar-refractivity contribution < 1.29 is 9.47 Å². The Morgan fingerprint density at radius 2 is 1.90 bits per heavy atom. The van der Waals surface area contributed by atoms with Crippen molar-refractivity contribution in [2.24, 2.45) is 12.0 Å². The highest BCUT2D eigenvalue weighted by atomic mass is 16.5. The highest BCUT2D eigenvalue weighted by Crippen LogP contribution is 2.18. The van der Waals surface area contributed by atoms with Crippen molar-refractivity contribution in [1.29, 1.82) is 0 Å². The van der Waals surface area contributed by atoms with Crippen LogP contribution in [0.5, 0.6) is 11.5 Å². The fourth-order valence-corrected chi connectivity index (χ4v) is 2.90. The van der Waals surface area contributed by atoms with Crippen LogP contribution in [0.15, 0.2) is 41.7 Å². The van der Waals surface area contributed by atoms with E-state index in [4.69, 9.17) is 14.5 Å². The van der Waals surface area contributed by atoms with E-state index in [0.29, 0.717) is 13.2 Å². The van der Waals surface area contributed by atoms with Crippen molar-refractivity contribution in [3.8, 4) is 11.5 Å². The number of aryl methyl sites for hydroxylation is 1. The molecule has 0 radical (unpaired) electrons. The summed E-state index contributed by atoms with van der Waals surface area (Å²) in [4.78, 5) is 9.10. The van der Waals surface area contributed by atoms with Crippen molar-refractivity contribution in [3.05, 3.63) is 42.2 Å². The number of likely N-dealkylation sites (N-methyl/N-ethyl adjacent to an activating group) is 2. The summed E-state index contributed by atoms with van der Waals surface area (Å²) in [6.45, 7) is 4.80. The van der Waals surface area contributed by atoms with Gasteiger partial charge in [-0.2, -0.15) is 5.10 Å². The van der Waals surface area contributed by atoms with Gasteiger partial charge in [0, 0.05) is 32.4 Å². The summed E-state index contributed by atoms with van der Waals surface area (Å²) in [7, 11) is 9.73. The van der Waals surface area contributed by atoms with Gasteiger partial charge in [0.1, 0.15) is 18.1 Å². The van der Waals surface area contributed by atoms with Crippen LogP contribution in [0.4, 0.5) is 0 Å². The Morgan fingerprint density at radius 1 is 1.21 bits per heavy atom. The SMILES string of the molecule is CCNC(=NCC(c1cnn(C)c1)N(C)C)N(C)CCOc1ccc(OC)cc1. The molecule has 0 aliphatic carbocycles. The lowest BCUT2D eigenvalue weighted by atomic mass is 10.1. The average molecular weight is 403 g/mol. The minimum Gasteiger partial charge on any atom is -0.497 e. The summed E-state index contributed by atoms with van der Waals surface area (Å²) in [5.74, 6) is 2.51. The normalized spacial score (nSPS) is 12.7. The number of guanidine groups is 1. The van der Waals surface area contributed by atoms with Crippen LogP contribution >= 0.6 is 0 Å². The zero-order valence-corrected chi connectivity index (χ0v) is 18.4. The second kappa shape index (κ2) is 11.3. The molecule has 0 aliphatic rings. The maximum absolute atomic E-state index is 5.84. The van der Waals surface area contributed by atoms with Gasteiger partial charge in [-0.25, -0.2) is 0 Å². The van der Waals surface area contributed by atoms with E-state index < -0.39 is 0 Å². The van der Waals surface area contributed by atoms with Crippen molar-refractivity contribution >= 4 is 5.96 Å². The van der Waals surface area contributed by atoms with Gasteiger partial charge in [-0.3, -0.25) is 9.67 Å². The number of rotatable bonds is 10. The fourth-order valence-electron chi connectivity index (χ4n) is 2.90. The molecule has 29 heavy (non-hydrogen) atoms. The number of aromatic nitrogens is 2. The maximum Gasteiger partial charge on any atom is 0.193 e. The Labute approximate surface area is 174 Å². The van der Waals surface area contributed by atoms with Crippen LogP contribution in [0, 0.1) is 0 Å². The minimum atomic E-state index is 0.168. The fraction of sp³-hybridized carbons (Fsp3) is 0.524. The lowest BCUT2D eigenvalue weighted by Crippen LogP contribution is -2.41. The number of hydrogen-bond acceptors (Lipinski definition) is 5. The first-order valence-electron chi connectivity index (χ1n) is 9.85. The molecular formula is C21H34N6O2. The first-order chi connectivity index (χ1) is 13.9. The molecule has 0 bridgehead atoms. The number of hydrogen-bond donors (Lipinski definition) is 1. The molecule has 8 nitrogen and oxygen atoms in total. The lowest BCUT2D eigenvalue weighted by Gasteiger charge is -2.25. The summed E-state index contributed by atoms with van der Waals surface area (Å²) in [6.07, 6.45) is 3.94. The number of nitrogens with one attached hydrogen (secondary N) is 1. The number of benzene rings is 1. The molecule has 1 heterocycles. The quantitative estimate of drug-likeness (QED) is 0.484. The van der Waals surface area contributed by atoms with E-state index in [1.807, 2.05) is 55.4 Å². The van der Waals surface area contributed by atoms with Crippen LogP contribution in [0.1, 0.15) is 18.5 Å². The van der Waals surface area contributed by atoms with Crippen LogP contribution in [-0.2, 0) is 7.05 Å². The molecule has 0 amide bonds. The van der Waals surface area contributed by atoms with E-state index in [2.05, 4.69) is 41.2 Å². The highest BCUT2D eigenvalue weighted by Gasteiger charge is 2.16. The summed E-state index contributed by atoms with van der Waals surface area (Å²) in [5.41, 5.74) is 1.16. The third kappa shape index (κ3) is 6.98. The molecule has 160 valence electrons. The molecule has 0 saturated carbocycles. The Hall–Kier alpha value is -2.74. The first kappa shape index (κ1) is 22.5. The molecule has 2 aromatic rings. The largest absolute Gasteiger partial charge is 0.497 e. The maximum atomic E-state index is 5.84. The molecule has 0 fully saturated rings. The molecule has 8 heteroatoms. The van der Waals surface area contributed by atoms with E-state index in [1.165, 1.54) is 0 Å². The zero-order valence-electron chi connectivity index (χ0n) is 18.4. The Morgan fingerprint density at radius 3 is 2.45 bits per heavy atom. The Bertz CT molecular complexity index is 757. The van der Waals surface area contributed by atoms with Gasteiger partial charge in [-0.15, -0.1) is 0 Å². The summed E-state index contributed by atoms with van der Waals surface area (Å²) in [6, 6.07) is 7.78. The molecular weight excluding hydrogens is 368 g/mol. The number of ether oxygens (including phenoxy) is 2. The van der Waals surface area contributed by atoms with Gasteiger partial charge in [0.2, 0.25) is 0 Å². The van der Waals surface area contributed by atoms with Gasteiger partial charge in [0.05, 0.1) is 32.4 Å². The average Bonchev–Trinajstić information content (AvgIpc) is 3.13. The topological polar surface area (TPSA) is 67.2 Å². The standard InChI is InChI=1S/C21H34N6O2/c1-7-22-21(23-15-20(25(2)3)17-14-24-27(5)16-17)26(4)12-13-29-19-10-8-18(28-6)9-11-19/h8-11,14,16,20H,7,12-13,15H2,1-6H3,(H,22,23). The predicted octanol–water partition coefficient (Wildman–Crippen LogP) is 2.01. The van der Waals surface area contributed by atoms with E-state index in [1.54, 1.807) is 7.11 Å². The van der Waals surface area contributed by atoms with Gasteiger partial charge in [0.25, 0.3) is 0 Å². The van der Waals surface area contributed by atoms with Gasteiger partial charge in [-0.05, 0) is 45.3 Å². The Balaban J connectivity index is 1.94. The molecule has 2 rings (SSSR count). The van der Waals surface area contributed by atoms with Crippen molar-refractivity contribution in [2.75, 3.05) is 54.5 Å². The number of nitrogens with zero attached hydrogens (tertiary/aromatic N) is 5. The molecule has 1 aromatic carbocycles. The summed E-state index contributed by atoms with van der Waals surface area (Å²) >= 11 is 0. The highest BCUT2D eigenvalue weighted by molar-refractivity contribution is 5.79. The zero-order chi connectivity index (χ0) is 21.2. The van der Waals surface area contributed by atoms with Crippen LogP contribution in [-0.4, -0.2) is 80.0 Å². The van der Waals surface area contributed by atoms with Crippen LogP contribution in [0.2, 0.25) is 0 Å². The monoisotopic (exact) mass is 402 g/mol. The van der Waals surface area contributed by atoms with Crippen LogP contribution < -0.4 is 14.8 Å². The molecule has 1 atom stereocenters. The van der Waals surface area contributed by atoms with Crippen LogP contribution in [0.25, 0.3) is 0 Å². The van der Waals surface area contributed by atoms with E-state index in [9.17, 15) is 0 Å². The number of aliphatic imine (C=N–C) groups is 1. The summed E-state index contributed by atoms with van der Waals surface area (Å²) in [5, 5.41) is 7.65. The third-order valence-electron chi connectivity index (χ3n) is 4.60. The van der Waals surface area contributed by atoms with Gasteiger partial charge < -0.3 is 24.6 Å². The van der Waals surface area contributed by atoms with E-state index in [-0.39, 0.29) is 6.04 Å². The van der Waals surface area contributed by atoms with Gasteiger partial charge >= 0.3 is 0 Å². The van der Waals surface area contributed by atoms with Gasteiger partial charge in [-0.1, -0.05) is 0 Å². The van der Waals surface area contributed by atoms with E-state index >= 15 is 0 Å². The second-order valence-electron chi connectivity index (χ2n) is 7.07. The molecule has 0 aliphatic heterocycles. The molecule has 0 saturated heterocycles. The lowest BCUT2D eigenvalue weighted by molar-refractivity contribution is 0.279. The van der Waals surface area contributed by atoms with Crippen molar-refractivity contribution in [2.45, 2.75) is 13.0 Å². The number of methoxy groups -OCH3 is 1. The van der Waals surface area contributed by atoms with Crippen LogP contribution in [0.3, 0.4) is 0 Å².